The number of rotatable bonds is 6. The van der Waals surface area contributed by atoms with Crippen molar-refractivity contribution >= 4 is 34.1 Å². The molecule has 0 spiro atoms. The molecule has 1 aromatic heterocycles. The number of amides is 1. The molecule has 7 nitrogen and oxygen atoms in total. The molecule has 7 heteroatoms. The maximum absolute atomic E-state index is 11.3. The predicted molar refractivity (Wildman–Crippen MR) is 124 cm³/mol. The highest BCUT2D eigenvalue weighted by atomic mass is 16.5. The number of carbonyl (C=O) groups excluding carboxylic acids is 1. The Balaban J connectivity index is 1.52. The van der Waals surface area contributed by atoms with Gasteiger partial charge in [-0.1, -0.05) is 13.8 Å². The van der Waals surface area contributed by atoms with Crippen LogP contribution in [0.25, 0.3) is 10.9 Å². The second-order valence-corrected chi connectivity index (χ2v) is 8.27. The smallest absolute Gasteiger partial charge is 0.227 e. The lowest BCUT2D eigenvalue weighted by molar-refractivity contribution is -0.119. The summed E-state index contributed by atoms with van der Waals surface area (Å²) in [5.74, 6) is 1.71. The van der Waals surface area contributed by atoms with Gasteiger partial charge in [0.05, 0.1) is 12.6 Å². The van der Waals surface area contributed by atoms with E-state index in [1.54, 1.807) is 14.0 Å². The minimum atomic E-state index is 0.0278. The van der Waals surface area contributed by atoms with Gasteiger partial charge in [-0.15, -0.1) is 0 Å². The number of hydrogen-bond donors (Lipinski definition) is 2. The maximum Gasteiger partial charge on any atom is 0.227 e. The molecule has 0 bridgehead atoms. The molecule has 1 aliphatic rings. The Morgan fingerprint density at radius 1 is 1.19 bits per heavy atom. The molecular formula is C24H29N5O2. The average Bonchev–Trinajstić information content (AvgIpc) is 3.20. The topological polar surface area (TPSA) is 79.4 Å². The van der Waals surface area contributed by atoms with Crippen molar-refractivity contribution in [3.05, 3.63) is 48.2 Å². The summed E-state index contributed by atoms with van der Waals surface area (Å²) in [6.07, 6.45) is 2.81. The highest BCUT2D eigenvalue weighted by Crippen LogP contribution is 2.33. The molecule has 3 aromatic rings. The van der Waals surface area contributed by atoms with E-state index in [4.69, 9.17) is 9.72 Å². The zero-order valence-corrected chi connectivity index (χ0v) is 18.5. The molecule has 4 rings (SSSR count). The monoisotopic (exact) mass is 419 g/mol. The zero-order chi connectivity index (χ0) is 22.0. The third-order valence-electron chi connectivity index (χ3n) is 5.63. The lowest BCUT2D eigenvalue weighted by atomic mass is 9.99. The van der Waals surface area contributed by atoms with E-state index >= 15 is 0 Å². The Morgan fingerprint density at radius 3 is 2.65 bits per heavy atom. The number of methoxy groups -OCH3 is 1. The van der Waals surface area contributed by atoms with Crippen LogP contribution >= 0.6 is 0 Å². The number of ether oxygens (including phenoxy) is 1. The van der Waals surface area contributed by atoms with Crippen molar-refractivity contribution < 1.29 is 9.53 Å². The molecule has 1 atom stereocenters. The normalized spacial score (nSPS) is 16.0. The van der Waals surface area contributed by atoms with Gasteiger partial charge in [-0.2, -0.15) is 0 Å². The molecule has 2 aromatic carbocycles. The minimum Gasteiger partial charge on any atom is -0.496 e. The second-order valence-electron chi connectivity index (χ2n) is 8.27. The van der Waals surface area contributed by atoms with E-state index in [0.29, 0.717) is 5.95 Å². The Bertz CT molecular complexity index is 1080. The summed E-state index contributed by atoms with van der Waals surface area (Å²) < 4.78 is 5.55. The molecule has 1 aliphatic heterocycles. The summed E-state index contributed by atoms with van der Waals surface area (Å²) in [7, 11) is 1.69. The third-order valence-corrected chi connectivity index (χ3v) is 5.63. The summed E-state index contributed by atoms with van der Waals surface area (Å²) in [4.78, 5) is 22.8. The quantitative estimate of drug-likeness (QED) is 0.623. The van der Waals surface area contributed by atoms with Gasteiger partial charge in [0.15, 0.2) is 0 Å². The molecule has 31 heavy (non-hydrogen) atoms. The van der Waals surface area contributed by atoms with Gasteiger partial charge in [-0.3, -0.25) is 4.79 Å². The van der Waals surface area contributed by atoms with E-state index in [9.17, 15) is 4.79 Å². The zero-order valence-electron chi connectivity index (χ0n) is 18.5. The number of carbonyl (C=O) groups is 1. The summed E-state index contributed by atoms with van der Waals surface area (Å²) in [6.45, 7) is 7.61. The standard InChI is InChI=1S/C24H29N5O2/c1-15(2)22-21(31-4)10-5-17-13-25-24(28-23(17)22)27-18-6-8-20(9-7-18)29-12-11-19(14-29)26-16(3)30/h5-10,13,15,19H,11-12,14H2,1-4H3,(H,26,30)(H,25,27,28). The first kappa shape index (κ1) is 20.9. The number of fused-ring (bicyclic) bond motifs is 1. The highest BCUT2D eigenvalue weighted by Gasteiger charge is 2.23. The van der Waals surface area contributed by atoms with Gasteiger partial charge < -0.3 is 20.3 Å². The van der Waals surface area contributed by atoms with Crippen LogP contribution in [0.3, 0.4) is 0 Å². The number of anilines is 3. The first-order chi connectivity index (χ1) is 14.9. The van der Waals surface area contributed by atoms with Crippen molar-refractivity contribution in [2.75, 3.05) is 30.4 Å². The van der Waals surface area contributed by atoms with Crippen LogP contribution in [-0.4, -0.2) is 42.1 Å². The van der Waals surface area contributed by atoms with Gasteiger partial charge >= 0.3 is 0 Å². The lowest BCUT2D eigenvalue weighted by Gasteiger charge is -2.19. The van der Waals surface area contributed by atoms with Gasteiger partial charge in [-0.25, -0.2) is 9.97 Å². The van der Waals surface area contributed by atoms with E-state index in [1.807, 2.05) is 30.5 Å². The summed E-state index contributed by atoms with van der Waals surface area (Å²) in [6, 6.07) is 12.4. The molecule has 162 valence electrons. The van der Waals surface area contributed by atoms with E-state index in [2.05, 4.69) is 46.5 Å². The summed E-state index contributed by atoms with van der Waals surface area (Å²) in [5, 5.41) is 7.31. The average molecular weight is 420 g/mol. The number of benzene rings is 2. The van der Waals surface area contributed by atoms with Crippen molar-refractivity contribution in [3.63, 3.8) is 0 Å². The molecule has 0 aliphatic carbocycles. The number of hydrogen-bond acceptors (Lipinski definition) is 6. The van der Waals surface area contributed by atoms with Crippen molar-refractivity contribution in [1.82, 2.24) is 15.3 Å². The van der Waals surface area contributed by atoms with Gasteiger partial charge in [0.2, 0.25) is 11.9 Å². The fraction of sp³-hybridized carbons (Fsp3) is 0.375. The number of aromatic nitrogens is 2. The minimum absolute atomic E-state index is 0.0278. The van der Waals surface area contributed by atoms with Crippen molar-refractivity contribution in [2.24, 2.45) is 0 Å². The first-order valence-electron chi connectivity index (χ1n) is 10.7. The van der Waals surface area contributed by atoms with Crippen LogP contribution in [0.1, 0.15) is 38.7 Å². The predicted octanol–water partition coefficient (Wildman–Crippen LogP) is 4.22. The third kappa shape index (κ3) is 4.55. The van der Waals surface area contributed by atoms with Crippen molar-refractivity contribution in [1.29, 1.82) is 0 Å². The van der Waals surface area contributed by atoms with Crippen LogP contribution in [0.2, 0.25) is 0 Å². The van der Waals surface area contributed by atoms with E-state index in [1.165, 1.54) is 0 Å². The maximum atomic E-state index is 11.3. The summed E-state index contributed by atoms with van der Waals surface area (Å²) in [5.41, 5.74) is 4.06. The molecule has 0 radical (unpaired) electrons. The largest absolute Gasteiger partial charge is 0.496 e. The van der Waals surface area contributed by atoms with Crippen LogP contribution in [0.5, 0.6) is 5.75 Å². The van der Waals surface area contributed by atoms with E-state index < -0.39 is 0 Å². The van der Waals surface area contributed by atoms with Crippen molar-refractivity contribution in [3.8, 4) is 5.75 Å². The van der Waals surface area contributed by atoms with E-state index in [0.717, 1.165) is 53.1 Å². The van der Waals surface area contributed by atoms with Gasteiger partial charge in [0.25, 0.3) is 0 Å². The highest BCUT2D eigenvalue weighted by molar-refractivity contribution is 5.85. The van der Waals surface area contributed by atoms with E-state index in [-0.39, 0.29) is 17.9 Å². The molecule has 2 N–H and O–H groups in total. The summed E-state index contributed by atoms with van der Waals surface area (Å²) >= 11 is 0. The van der Waals surface area contributed by atoms with Crippen LogP contribution in [0, 0.1) is 0 Å². The van der Waals surface area contributed by atoms with Gasteiger partial charge in [-0.05, 0) is 48.7 Å². The number of nitrogens with zero attached hydrogens (tertiary/aromatic N) is 3. The molecule has 2 heterocycles. The molecule has 1 amide bonds. The van der Waals surface area contributed by atoms with Crippen LogP contribution < -0.4 is 20.3 Å². The first-order valence-corrected chi connectivity index (χ1v) is 10.7. The molecule has 1 saturated heterocycles. The van der Waals surface area contributed by atoms with Crippen molar-refractivity contribution in [2.45, 2.75) is 39.2 Å². The number of nitrogens with one attached hydrogen (secondary N) is 2. The van der Waals surface area contributed by atoms with Gasteiger partial charge in [0.1, 0.15) is 5.75 Å². The van der Waals surface area contributed by atoms with Crippen LogP contribution in [-0.2, 0) is 4.79 Å². The fourth-order valence-electron chi connectivity index (χ4n) is 4.18. The lowest BCUT2D eigenvalue weighted by Crippen LogP contribution is -2.35. The Hall–Kier alpha value is -3.35. The molecule has 1 unspecified atom stereocenters. The molecule has 0 saturated carbocycles. The van der Waals surface area contributed by atoms with Crippen LogP contribution in [0.4, 0.5) is 17.3 Å². The Labute approximate surface area is 182 Å². The van der Waals surface area contributed by atoms with Crippen LogP contribution in [0.15, 0.2) is 42.6 Å². The van der Waals surface area contributed by atoms with Gasteiger partial charge in [0, 0.05) is 54.6 Å². The Morgan fingerprint density at radius 2 is 1.97 bits per heavy atom. The SMILES string of the molecule is COc1ccc2cnc(Nc3ccc(N4CCC(NC(C)=O)C4)cc3)nc2c1C(C)C. The second kappa shape index (κ2) is 8.79. The molecular weight excluding hydrogens is 390 g/mol. The fourth-order valence-corrected chi connectivity index (χ4v) is 4.18. The molecule has 1 fully saturated rings. The Kier molecular flexibility index (Phi) is 5.93.